The lowest BCUT2D eigenvalue weighted by atomic mass is 10.0. The van der Waals surface area contributed by atoms with Crippen LogP contribution < -0.4 is 0 Å². The molecule has 1 aromatic rings. The van der Waals surface area contributed by atoms with Gasteiger partial charge >= 0.3 is 6.18 Å². The zero-order valence-corrected chi connectivity index (χ0v) is 19.6. The minimum absolute atomic E-state index is 0.0190. The third kappa shape index (κ3) is 12.4. The Bertz CT molecular complexity index is 830. The third-order valence-electron chi connectivity index (χ3n) is 4.77. The Labute approximate surface area is 190 Å². The van der Waals surface area contributed by atoms with Crippen LogP contribution in [0.2, 0.25) is 0 Å². The van der Waals surface area contributed by atoms with Crippen molar-refractivity contribution < 1.29 is 18.0 Å². The molecule has 6 heteroatoms. The van der Waals surface area contributed by atoms with Gasteiger partial charge < -0.3 is 0 Å². The maximum atomic E-state index is 12.7. The van der Waals surface area contributed by atoms with Crippen molar-refractivity contribution in [2.24, 2.45) is 4.99 Å². The van der Waals surface area contributed by atoms with Gasteiger partial charge in [0.1, 0.15) is 0 Å². The van der Waals surface area contributed by atoms with E-state index < -0.39 is 12.7 Å². The molecule has 32 heavy (non-hydrogen) atoms. The molecule has 0 saturated carbocycles. The molecule has 0 aliphatic rings. The number of aryl methyl sites for hydroxylation is 1. The average molecular weight is 449 g/mol. The fourth-order valence-corrected chi connectivity index (χ4v) is 3.16. The van der Waals surface area contributed by atoms with Crippen LogP contribution in [0.5, 0.6) is 0 Å². The van der Waals surface area contributed by atoms with Gasteiger partial charge in [0, 0.05) is 18.3 Å². The van der Waals surface area contributed by atoms with Crippen molar-refractivity contribution in [2.75, 3.05) is 19.6 Å². The minimum atomic E-state index is -4.15. The van der Waals surface area contributed by atoms with Gasteiger partial charge in [0.2, 0.25) is 0 Å². The number of carbonyl (C=O) groups excluding carboxylic acids is 1. The molecule has 0 spiro atoms. The van der Waals surface area contributed by atoms with Gasteiger partial charge in [0.15, 0.2) is 5.78 Å². The lowest BCUT2D eigenvalue weighted by Gasteiger charge is -2.22. The molecule has 0 radical (unpaired) electrons. The first-order chi connectivity index (χ1) is 15.0. The number of ketones is 1. The molecule has 0 aliphatic heterocycles. The second-order valence-electron chi connectivity index (χ2n) is 8.21. The highest BCUT2D eigenvalue weighted by Crippen LogP contribution is 2.17. The maximum Gasteiger partial charge on any atom is 0.401 e. The van der Waals surface area contributed by atoms with Crippen LogP contribution in [0.4, 0.5) is 13.2 Å². The molecule has 0 saturated heterocycles. The summed E-state index contributed by atoms with van der Waals surface area (Å²) in [6.07, 6.45) is 3.56. The van der Waals surface area contributed by atoms with E-state index in [1.54, 1.807) is 12.3 Å². The number of benzene rings is 1. The zero-order valence-electron chi connectivity index (χ0n) is 19.6. The highest BCUT2D eigenvalue weighted by atomic mass is 19.4. The van der Waals surface area contributed by atoms with E-state index in [0.29, 0.717) is 38.0 Å². The predicted octanol–water partition coefficient (Wildman–Crippen LogP) is 6.50. The van der Waals surface area contributed by atoms with Gasteiger partial charge in [-0.3, -0.25) is 14.7 Å². The Morgan fingerprint density at radius 3 is 2.22 bits per heavy atom. The van der Waals surface area contributed by atoms with Gasteiger partial charge in [-0.15, -0.1) is 0 Å². The second kappa shape index (κ2) is 13.8. The van der Waals surface area contributed by atoms with Gasteiger partial charge in [-0.05, 0) is 82.0 Å². The van der Waals surface area contributed by atoms with E-state index in [-0.39, 0.29) is 5.78 Å². The molecule has 1 rings (SSSR count). The number of carbonyl (C=O) groups is 1. The van der Waals surface area contributed by atoms with E-state index in [0.717, 1.165) is 28.7 Å². The van der Waals surface area contributed by atoms with E-state index in [1.807, 2.05) is 45.0 Å². The molecule has 0 unspecified atom stereocenters. The summed E-state index contributed by atoms with van der Waals surface area (Å²) < 4.78 is 38.0. The molecule has 0 atom stereocenters. The van der Waals surface area contributed by atoms with Gasteiger partial charge in [0.25, 0.3) is 0 Å². The summed E-state index contributed by atoms with van der Waals surface area (Å²) in [5.74, 6) is -0.0190. The monoisotopic (exact) mass is 448 g/mol. The summed E-state index contributed by atoms with van der Waals surface area (Å²) >= 11 is 0. The molecule has 3 nitrogen and oxygen atoms in total. The lowest BCUT2D eigenvalue weighted by Crippen LogP contribution is -2.35. The number of alkyl halides is 3. The summed E-state index contributed by atoms with van der Waals surface area (Å²) in [5, 5.41) is 0. The van der Waals surface area contributed by atoms with Gasteiger partial charge in [-0.1, -0.05) is 43.3 Å². The Morgan fingerprint density at radius 1 is 1.06 bits per heavy atom. The van der Waals surface area contributed by atoms with Crippen LogP contribution >= 0.6 is 0 Å². The maximum absolute atomic E-state index is 12.7. The van der Waals surface area contributed by atoms with Crippen LogP contribution in [0.15, 0.2) is 64.8 Å². The Hall–Kier alpha value is -2.47. The minimum Gasteiger partial charge on any atom is -0.295 e. The van der Waals surface area contributed by atoms with Crippen molar-refractivity contribution in [1.82, 2.24) is 4.90 Å². The topological polar surface area (TPSA) is 32.7 Å². The SMILES string of the molecule is C=C(Cc1ccc(CCCN(CCC)CC(F)(F)F)cc1)N=CC(/C=C\C(C)=O)=C(C)C. The third-order valence-corrected chi connectivity index (χ3v) is 4.77. The normalized spacial score (nSPS) is 12.1. The Balaban J connectivity index is 2.58. The molecule has 176 valence electrons. The van der Waals surface area contributed by atoms with E-state index in [1.165, 1.54) is 17.9 Å². The van der Waals surface area contributed by atoms with Gasteiger partial charge in [-0.25, -0.2) is 0 Å². The number of rotatable bonds is 13. The van der Waals surface area contributed by atoms with Crippen LogP contribution in [0, 0.1) is 0 Å². The van der Waals surface area contributed by atoms with Crippen molar-refractivity contribution in [3.63, 3.8) is 0 Å². The fourth-order valence-electron chi connectivity index (χ4n) is 3.16. The highest BCUT2D eigenvalue weighted by molar-refractivity contribution is 5.91. The number of allylic oxidation sites excluding steroid dienone is 5. The standard InChI is InChI=1S/C26H35F3N2O/c1-6-15-31(19-26(27,28)29)16-7-8-23-10-12-24(13-11-23)17-21(4)30-18-25(20(2)3)14-9-22(5)32/h9-14,18H,4,6-8,15-17,19H2,1-3,5H3/b14-9-,30-18?. The van der Waals surface area contributed by atoms with Crippen LogP contribution in [-0.4, -0.2) is 42.7 Å². The molecular weight excluding hydrogens is 413 g/mol. The molecule has 1 aromatic carbocycles. The summed E-state index contributed by atoms with van der Waals surface area (Å²) in [7, 11) is 0. The van der Waals surface area contributed by atoms with Crippen molar-refractivity contribution in [3.05, 3.63) is 71.0 Å². The van der Waals surface area contributed by atoms with Crippen molar-refractivity contribution in [2.45, 2.75) is 59.6 Å². The molecule has 0 N–H and O–H groups in total. The van der Waals surface area contributed by atoms with Gasteiger partial charge in [-0.2, -0.15) is 13.2 Å². The molecule has 0 aliphatic carbocycles. The molecule has 0 fully saturated rings. The number of halogens is 3. The first-order valence-electron chi connectivity index (χ1n) is 10.9. The van der Waals surface area contributed by atoms with E-state index in [4.69, 9.17) is 0 Å². The van der Waals surface area contributed by atoms with Gasteiger partial charge in [0.05, 0.1) is 6.54 Å². The quantitative estimate of drug-likeness (QED) is 0.196. The average Bonchev–Trinajstić information content (AvgIpc) is 2.67. The van der Waals surface area contributed by atoms with Crippen LogP contribution in [0.3, 0.4) is 0 Å². The van der Waals surface area contributed by atoms with Crippen molar-refractivity contribution in [3.8, 4) is 0 Å². The molecule has 0 aromatic heterocycles. The summed E-state index contributed by atoms with van der Waals surface area (Å²) in [6.45, 7) is 11.4. The van der Waals surface area contributed by atoms with Crippen molar-refractivity contribution >= 4 is 12.0 Å². The Kier molecular flexibility index (Phi) is 11.9. The van der Waals surface area contributed by atoms with Crippen LogP contribution in [0.1, 0.15) is 51.7 Å². The molecule has 0 bridgehead atoms. The van der Waals surface area contributed by atoms with E-state index in [2.05, 4.69) is 11.6 Å². The van der Waals surface area contributed by atoms with E-state index >= 15 is 0 Å². The summed E-state index contributed by atoms with van der Waals surface area (Å²) in [6, 6.07) is 8.04. The highest BCUT2D eigenvalue weighted by Gasteiger charge is 2.29. The number of nitrogens with zero attached hydrogens (tertiary/aromatic N) is 2. The molecular formula is C26H35F3N2O. The summed E-state index contributed by atoms with van der Waals surface area (Å²) in [5.41, 5.74) is 4.80. The zero-order chi connectivity index (χ0) is 24.1. The lowest BCUT2D eigenvalue weighted by molar-refractivity contribution is -0.146. The van der Waals surface area contributed by atoms with Crippen molar-refractivity contribution in [1.29, 1.82) is 0 Å². The number of hydrogen-bond donors (Lipinski definition) is 0. The fraction of sp³-hybridized carbons (Fsp3) is 0.462. The molecule has 0 amide bonds. The largest absolute Gasteiger partial charge is 0.401 e. The predicted molar refractivity (Wildman–Crippen MR) is 127 cm³/mol. The number of hydrogen-bond acceptors (Lipinski definition) is 3. The molecule has 0 heterocycles. The van der Waals surface area contributed by atoms with Crippen LogP contribution in [-0.2, 0) is 17.6 Å². The van der Waals surface area contributed by atoms with Crippen LogP contribution in [0.25, 0.3) is 0 Å². The van der Waals surface area contributed by atoms with E-state index in [9.17, 15) is 18.0 Å². The second-order valence-corrected chi connectivity index (χ2v) is 8.21. The number of aliphatic imine (C=N–C) groups is 1. The smallest absolute Gasteiger partial charge is 0.295 e. The Morgan fingerprint density at radius 2 is 1.69 bits per heavy atom. The first kappa shape index (κ1) is 27.6. The first-order valence-corrected chi connectivity index (χ1v) is 10.9. The summed E-state index contributed by atoms with van der Waals surface area (Å²) in [4.78, 5) is 17.0.